The van der Waals surface area contributed by atoms with Crippen molar-refractivity contribution in [3.05, 3.63) is 23.4 Å². The molecule has 0 spiro atoms. The first-order valence-electron chi connectivity index (χ1n) is 5.20. The fourth-order valence-corrected chi connectivity index (χ4v) is 2.03. The second-order valence-electron chi connectivity index (χ2n) is 3.77. The van der Waals surface area contributed by atoms with Gasteiger partial charge in [-0.05, 0) is 37.9 Å². The van der Waals surface area contributed by atoms with Gasteiger partial charge in [0.2, 0.25) is 0 Å². The molecule has 1 aromatic rings. The van der Waals surface area contributed by atoms with Gasteiger partial charge in [-0.3, -0.25) is 0 Å². The molecule has 3 heteroatoms. The molecular formula is C11H17N3. The summed E-state index contributed by atoms with van der Waals surface area (Å²) in [7, 11) is 1.90. The van der Waals surface area contributed by atoms with Crippen LogP contribution in [0.15, 0.2) is 12.1 Å². The Bertz CT molecular complexity index is 316. The highest BCUT2D eigenvalue weighted by molar-refractivity contribution is 5.39. The zero-order chi connectivity index (χ0) is 9.97. The second kappa shape index (κ2) is 3.96. The van der Waals surface area contributed by atoms with Crippen LogP contribution >= 0.6 is 0 Å². The van der Waals surface area contributed by atoms with Crippen molar-refractivity contribution < 1.29 is 0 Å². The topological polar surface area (TPSA) is 37.0 Å². The maximum atomic E-state index is 4.49. The molecule has 0 aromatic carbocycles. The van der Waals surface area contributed by atoms with Crippen LogP contribution in [0.2, 0.25) is 0 Å². The third-order valence-electron chi connectivity index (χ3n) is 2.82. The molecule has 0 aliphatic carbocycles. The molecule has 2 heterocycles. The van der Waals surface area contributed by atoms with Gasteiger partial charge in [-0.2, -0.15) is 0 Å². The molecule has 14 heavy (non-hydrogen) atoms. The minimum Gasteiger partial charge on any atom is -0.373 e. The van der Waals surface area contributed by atoms with Crippen LogP contribution in [0, 0.1) is 6.92 Å². The number of aromatic nitrogens is 1. The van der Waals surface area contributed by atoms with Gasteiger partial charge in [-0.1, -0.05) is 6.07 Å². The summed E-state index contributed by atoms with van der Waals surface area (Å²) in [5, 5.41) is 6.54. The fraction of sp³-hybridized carbons (Fsp3) is 0.545. The summed E-state index contributed by atoms with van der Waals surface area (Å²) in [6, 6.07) is 4.74. The normalized spacial score (nSPS) is 21.1. The van der Waals surface area contributed by atoms with Gasteiger partial charge < -0.3 is 10.6 Å². The largest absolute Gasteiger partial charge is 0.373 e. The van der Waals surface area contributed by atoms with Gasteiger partial charge >= 0.3 is 0 Å². The fourth-order valence-electron chi connectivity index (χ4n) is 2.03. The highest BCUT2D eigenvalue weighted by Crippen LogP contribution is 2.25. The predicted octanol–water partition coefficient (Wildman–Crippen LogP) is 1.86. The number of nitrogens with zero attached hydrogens (tertiary/aromatic N) is 1. The van der Waals surface area contributed by atoms with E-state index in [0.717, 1.165) is 18.1 Å². The highest BCUT2D eigenvalue weighted by atomic mass is 15.0. The van der Waals surface area contributed by atoms with E-state index in [-0.39, 0.29) is 0 Å². The van der Waals surface area contributed by atoms with E-state index < -0.39 is 0 Å². The minimum atomic E-state index is 0.522. The Morgan fingerprint density at radius 3 is 2.93 bits per heavy atom. The van der Waals surface area contributed by atoms with Crippen LogP contribution < -0.4 is 10.6 Å². The molecule has 1 saturated heterocycles. The third-order valence-corrected chi connectivity index (χ3v) is 2.82. The zero-order valence-corrected chi connectivity index (χ0v) is 8.80. The Morgan fingerprint density at radius 2 is 2.36 bits per heavy atom. The monoisotopic (exact) mass is 191 g/mol. The Kier molecular flexibility index (Phi) is 2.68. The maximum Gasteiger partial charge on any atom is 0.125 e. The average molecular weight is 191 g/mol. The molecule has 1 aliphatic rings. The molecule has 2 N–H and O–H groups in total. The smallest absolute Gasteiger partial charge is 0.125 e. The molecule has 0 unspecified atom stereocenters. The average Bonchev–Trinajstić information content (AvgIpc) is 2.70. The molecule has 3 nitrogen and oxygen atoms in total. The summed E-state index contributed by atoms with van der Waals surface area (Å²) in [4.78, 5) is 4.49. The lowest BCUT2D eigenvalue weighted by atomic mass is 10.0. The van der Waals surface area contributed by atoms with E-state index in [1.807, 2.05) is 13.1 Å². The molecule has 0 bridgehead atoms. The number of hydrogen-bond acceptors (Lipinski definition) is 3. The van der Waals surface area contributed by atoms with Crippen molar-refractivity contribution in [2.75, 3.05) is 18.9 Å². The standard InChI is InChI=1S/C11H17N3/c1-8-9(10-4-3-7-13-10)5-6-11(12-2)14-8/h5-6,10,13H,3-4,7H2,1-2H3,(H,12,14)/t10-/m1/s1. The van der Waals surface area contributed by atoms with Crippen molar-refractivity contribution in [2.24, 2.45) is 0 Å². The lowest BCUT2D eigenvalue weighted by molar-refractivity contribution is 0.640. The molecule has 0 radical (unpaired) electrons. The van der Waals surface area contributed by atoms with E-state index in [1.165, 1.54) is 18.4 Å². The second-order valence-corrected chi connectivity index (χ2v) is 3.77. The lowest BCUT2D eigenvalue weighted by Gasteiger charge is -2.13. The van der Waals surface area contributed by atoms with Gasteiger partial charge in [-0.25, -0.2) is 4.98 Å². The lowest BCUT2D eigenvalue weighted by Crippen LogP contribution is -2.14. The van der Waals surface area contributed by atoms with Gasteiger partial charge in [0.05, 0.1) is 0 Å². The SMILES string of the molecule is CNc1ccc([C@H]2CCCN2)c(C)n1. The molecule has 0 amide bonds. The van der Waals surface area contributed by atoms with Crippen LogP contribution in [0.25, 0.3) is 0 Å². The number of hydrogen-bond donors (Lipinski definition) is 2. The van der Waals surface area contributed by atoms with Crippen molar-refractivity contribution in [2.45, 2.75) is 25.8 Å². The zero-order valence-electron chi connectivity index (χ0n) is 8.80. The predicted molar refractivity (Wildman–Crippen MR) is 58.5 cm³/mol. The molecule has 76 valence electrons. The number of aryl methyl sites for hydroxylation is 1. The van der Waals surface area contributed by atoms with Crippen LogP contribution in [0.5, 0.6) is 0 Å². The molecular weight excluding hydrogens is 174 g/mol. The van der Waals surface area contributed by atoms with Crippen LogP contribution in [0.1, 0.15) is 30.1 Å². The van der Waals surface area contributed by atoms with E-state index in [9.17, 15) is 0 Å². The first kappa shape index (κ1) is 9.46. The number of pyridine rings is 1. The quantitative estimate of drug-likeness (QED) is 0.749. The van der Waals surface area contributed by atoms with Crippen molar-refractivity contribution >= 4 is 5.82 Å². The van der Waals surface area contributed by atoms with Crippen molar-refractivity contribution in [3.8, 4) is 0 Å². The van der Waals surface area contributed by atoms with Crippen molar-refractivity contribution in [1.29, 1.82) is 0 Å². The van der Waals surface area contributed by atoms with E-state index >= 15 is 0 Å². The highest BCUT2D eigenvalue weighted by Gasteiger charge is 2.18. The number of anilines is 1. The molecule has 1 atom stereocenters. The van der Waals surface area contributed by atoms with E-state index in [1.54, 1.807) is 0 Å². The van der Waals surface area contributed by atoms with Gasteiger partial charge in [0.15, 0.2) is 0 Å². The first-order valence-corrected chi connectivity index (χ1v) is 5.20. The number of rotatable bonds is 2. The van der Waals surface area contributed by atoms with Gasteiger partial charge in [0.1, 0.15) is 5.82 Å². The minimum absolute atomic E-state index is 0.522. The summed E-state index contributed by atoms with van der Waals surface area (Å²) < 4.78 is 0. The maximum absolute atomic E-state index is 4.49. The van der Waals surface area contributed by atoms with Crippen molar-refractivity contribution in [3.63, 3.8) is 0 Å². The van der Waals surface area contributed by atoms with Gasteiger partial charge in [0, 0.05) is 18.8 Å². The molecule has 0 saturated carbocycles. The van der Waals surface area contributed by atoms with Crippen LogP contribution in [0.4, 0.5) is 5.82 Å². The Hall–Kier alpha value is -1.09. The van der Waals surface area contributed by atoms with Gasteiger partial charge in [-0.15, -0.1) is 0 Å². The van der Waals surface area contributed by atoms with E-state index in [4.69, 9.17) is 0 Å². The summed E-state index contributed by atoms with van der Waals surface area (Å²) in [6.07, 6.45) is 2.51. The third kappa shape index (κ3) is 1.73. The molecule has 1 aliphatic heterocycles. The Labute approximate surface area is 84.9 Å². The molecule has 1 aromatic heterocycles. The van der Waals surface area contributed by atoms with E-state index in [0.29, 0.717) is 6.04 Å². The van der Waals surface area contributed by atoms with Crippen LogP contribution in [-0.4, -0.2) is 18.6 Å². The molecule has 1 fully saturated rings. The summed E-state index contributed by atoms with van der Waals surface area (Å²) in [5.41, 5.74) is 2.48. The summed E-state index contributed by atoms with van der Waals surface area (Å²) >= 11 is 0. The van der Waals surface area contributed by atoms with E-state index in [2.05, 4.69) is 28.6 Å². The Balaban J connectivity index is 2.25. The number of nitrogens with one attached hydrogen (secondary N) is 2. The van der Waals surface area contributed by atoms with Gasteiger partial charge in [0.25, 0.3) is 0 Å². The van der Waals surface area contributed by atoms with Crippen molar-refractivity contribution in [1.82, 2.24) is 10.3 Å². The summed E-state index contributed by atoms with van der Waals surface area (Å²) in [6.45, 7) is 3.22. The van der Waals surface area contributed by atoms with Crippen LogP contribution in [0.3, 0.4) is 0 Å². The Morgan fingerprint density at radius 1 is 1.50 bits per heavy atom. The molecule has 2 rings (SSSR count). The first-order chi connectivity index (χ1) is 6.81. The summed E-state index contributed by atoms with van der Waals surface area (Å²) in [5.74, 6) is 0.948. The van der Waals surface area contributed by atoms with Crippen LogP contribution in [-0.2, 0) is 0 Å².